The summed E-state index contributed by atoms with van der Waals surface area (Å²) in [5, 5.41) is 16.7. The number of anilines is 1. The van der Waals surface area contributed by atoms with Crippen LogP contribution in [0.4, 0.5) is 10.1 Å². The van der Waals surface area contributed by atoms with E-state index >= 15 is 0 Å². The third kappa shape index (κ3) is 4.66. The topological polar surface area (TPSA) is 86.8 Å². The Bertz CT molecular complexity index is 895. The van der Waals surface area contributed by atoms with Crippen LogP contribution in [0, 0.1) is 12.7 Å². The third-order valence-corrected chi connectivity index (χ3v) is 4.28. The summed E-state index contributed by atoms with van der Waals surface area (Å²) in [6, 6.07) is 12.6. The molecular weight excluding hydrogens is 347 g/mol. The van der Waals surface area contributed by atoms with E-state index in [0.717, 1.165) is 11.1 Å². The molecule has 0 aliphatic carbocycles. The first-order valence-corrected chi connectivity index (χ1v) is 8.67. The highest BCUT2D eigenvalue weighted by Gasteiger charge is 2.11. The molecule has 140 valence electrons. The molecule has 2 N–H and O–H groups in total. The van der Waals surface area contributed by atoms with Crippen molar-refractivity contribution in [3.05, 3.63) is 59.4 Å². The number of aromatic nitrogens is 4. The molecule has 0 atom stereocenters. The molecule has 3 aromatic rings. The van der Waals surface area contributed by atoms with Gasteiger partial charge in [-0.25, -0.2) is 4.39 Å². The zero-order valence-corrected chi connectivity index (χ0v) is 15.2. The summed E-state index contributed by atoms with van der Waals surface area (Å²) in [7, 11) is 0. The Morgan fingerprint density at radius 2 is 2.00 bits per heavy atom. The number of likely N-dealkylation sites (N-methyl/N-ethyl adjacent to an activating group) is 1. The van der Waals surface area contributed by atoms with Gasteiger partial charge in [0.2, 0.25) is 11.7 Å². The Morgan fingerprint density at radius 1 is 1.22 bits per heavy atom. The SMILES string of the molecule is CCN(CC(=O)NCc1ccc(-c2nn[nH]n2)cc1)c1ccc(C)c(F)c1. The summed E-state index contributed by atoms with van der Waals surface area (Å²) in [5.41, 5.74) is 3.08. The van der Waals surface area contributed by atoms with Crippen LogP contribution in [0.5, 0.6) is 0 Å². The fourth-order valence-electron chi connectivity index (χ4n) is 2.65. The average molecular weight is 368 g/mol. The van der Waals surface area contributed by atoms with Gasteiger partial charge in [-0.05, 0) is 42.3 Å². The van der Waals surface area contributed by atoms with Crippen molar-refractivity contribution in [2.75, 3.05) is 18.0 Å². The van der Waals surface area contributed by atoms with Gasteiger partial charge in [0.1, 0.15) is 5.82 Å². The Labute approximate surface area is 156 Å². The molecule has 3 rings (SSSR count). The number of amides is 1. The van der Waals surface area contributed by atoms with E-state index in [2.05, 4.69) is 25.9 Å². The summed E-state index contributed by atoms with van der Waals surface area (Å²) in [6.07, 6.45) is 0. The number of halogens is 1. The zero-order chi connectivity index (χ0) is 19.2. The lowest BCUT2D eigenvalue weighted by Gasteiger charge is -2.23. The maximum absolute atomic E-state index is 13.8. The summed E-state index contributed by atoms with van der Waals surface area (Å²) < 4.78 is 13.8. The Hall–Kier alpha value is -3.29. The number of rotatable bonds is 7. The molecule has 1 aromatic heterocycles. The third-order valence-electron chi connectivity index (χ3n) is 4.28. The van der Waals surface area contributed by atoms with Gasteiger partial charge in [-0.2, -0.15) is 5.21 Å². The van der Waals surface area contributed by atoms with Gasteiger partial charge in [0.25, 0.3) is 0 Å². The minimum absolute atomic E-state index is 0.125. The fourth-order valence-corrected chi connectivity index (χ4v) is 2.65. The maximum Gasteiger partial charge on any atom is 0.239 e. The van der Waals surface area contributed by atoms with Gasteiger partial charge < -0.3 is 10.2 Å². The van der Waals surface area contributed by atoms with Crippen LogP contribution in [0.1, 0.15) is 18.1 Å². The summed E-state index contributed by atoms with van der Waals surface area (Å²) >= 11 is 0. The highest BCUT2D eigenvalue weighted by atomic mass is 19.1. The van der Waals surface area contributed by atoms with Crippen molar-refractivity contribution in [2.45, 2.75) is 20.4 Å². The lowest BCUT2D eigenvalue weighted by molar-refractivity contribution is -0.119. The summed E-state index contributed by atoms with van der Waals surface area (Å²) in [6.45, 7) is 4.83. The highest BCUT2D eigenvalue weighted by Crippen LogP contribution is 2.18. The molecule has 0 spiro atoms. The smallest absolute Gasteiger partial charge is 0.239 e. The minimum Gasteiger partial charge on any atom is -0.362 e. The molecule has 0 radical (unpaired) electrons. The number of aromatic amines is 1. The van der Waals surface area contributed by atoms with E-state index in [4.69, 9.17) is 0 Å². The number of carbonyl (C=O) groups excluding carboxylic acids is 1. The van der Waals surface area contributed by atoms with E-state index in [1.165, 1.54) is 6.07 Å². The quantitative estimate of drug-likeness (QED) is 0.669. The van der Waals surface area contributed by atoms with Crippen LogP contribution in [-0.4, -0.2) is 39.6 Å². The van der Waals surface area contributed by atoms with Gasteiger partial charge in [-0.3, -0.25) is 4.79 Å². The Balaban J connectivity index is 1.56. The molecule has 0 aliphatic rings. The zero-order valence-electron chi connectivity index (χ0n) is 15.2. The number of aryl methyl sites for hydroxylation is 1. The van der Waals surface area contributed by atoms with Gasteiger partial charge in [0, 0.05) is 24.3 Å². The number of carbonyl (C=O) groups is 1. The molecule has 0 bridgehead atoms. The number of benzene rings is 2. The molecule has 2 aromatic carbocycles. The average Bonchev–Trinajstić information content (AvgIpc) is 3.22. The number of nitrogens with one attached hydrogen (secondary N) is 2. The molecular formula is C19H21FN6O. The van der Waals surface area contributed by atoms with Crippen LogP contribution in [0.15, 0.2) is 42.5 Å². The first-order valence-electron chi connectivity index (χ1n) is 8.67. The van der Waals surface area contributed by atoms with Gasteiger partial charge >= 0.3 is 0 Å². The van der Waals surface area contributed by atoms with E-state index < -0.39 is 0 Å². The lowest BCUT2D eigenvalue weighted by atomic mass is 10.1. The van der Waals surface area contributed by atoms with Crippen molar-refractivity contribution in [3.8, 4) is 11.4 Å². The van der Waals surface area contributed by atoms with Crippen LogP contribution >= 0.6 is 0 Å². The summed E-state index contributed by atoms with van der Waals surface area (Å²) in [4.78, 5) is 14.1. The van der Waals surface area contributed by atoms with E-state index in [0.29, 0.717) is 30.2 Å². The van der Waals surface area contributed by atoms with Gasteiger partial charge in [0.05, 0.1) is 6.54 Å². The predicted molar refractivity (Wildman–Crippen MR) is 100 cm³/mol. The van der Waals surface area contributed by atoms with Crippen molar-refractivity contribution in [3.63, 3.8) is 0 Å². The van der Waals surface area contributed by atoms with Crippen molar-refractivity contribution in [2.24, 2.45) is 0 Å². The largest absolute Gasteiger partial charge is 0.362 e. The van der Waals surface area contributed by atoms with Crippen molar-refractivity contribution in [1.82, 2.24) is 25.9 Å². The molecule has 1 heterocycles. The molecule has 0 unspecified atom stereocenters. The highest BCUT2D eigenvalue weighted by molar-refractivity contribution is 5.81. The molecule has 0 fully saturated rings. The molecule has 7 nitrogen and oxygen atoms in total. The minimum atomic E-state index is -0.270. The maximum atomic E-state index is 13.8. The first kappa shape index (κ1) is 18.5. The van der Waals surface area contributed by atoms with Crippen LogP contribution in [0.3, 0.4) is 0 Å². The Morgan fingerprint density at radius 3 is 2.63 bits per heavy atom. The van der Waals surface area contributed by atoms with Gasteiger partial charge in [-0.15, -0.1) is 10.2 Å². The van der Waals surface area contributed by atoms with E-state index in [-0.39, 0.29) is 18.3 Å². The Kier molecular flexibility index (Phi) is 5.75. The van der Waals surface area contributed by atoms with Crippen molar-refractivity contribution in [1.29, 1.82) is 0 Å². The van der Waals surface area contributed by atoms with E-state index in [1.54, 1.807) is 13.0 Å². The second kappa shape index (κ2) is 8.39. The molecule has 0 aliphatic heterocycles. The van der Waals surface area contributed by atoms with E-state index in [1.807, 2.05) is 42.2 Å². The van der Waals surface area contributed by atoms with Crippen LogP contribution in [-0.2, 0) is 11.3 Å². The monoisotopic (exact) mass is 368 g/mol. The molecule has 8 heteroatoms. The van der Waals surface area contributed by atoms with Gasteiger partial charge in [0.15, 0.2) is 0 Å². The first-order chi connectivity index (χ1) is 13.1. The molecule has 0 saturated carbocycles. The van der Waals surface area contributed by atoms with Crippen molar-refractivity contribution < 1.29 is 9.18 Å². The summed E-state index contributed by atoms with van der Waals surface area (Å²) in [5.74, 6) is 0.127. The van der Waals surface area contributed by atoms with Crippen molar-refractivity contribution >= 4 is 11.6 Å². The standard InChI is InChI=1S/C19H21FN6O/c1-3-26(16-9-4-13(2)17(20)10-16)12-18(27)21-11-14-5-7-15(8-6-14)19-22-24-25-23-19/h4-10H,3,11-12H2,1-2H3,(H,21,27)(H,22,23,24,25). The number of H-pyrrole nitrogens is 1. The lowest BCUT2D eigenvalue weighted by Crippen LogP contribution is -2.37. The van der Waals surface area contributed by atoms with Crippen LogP contribution in [0.25, 0.3) is 11.4 Å². The number of tetrazole rings is 1. The fraction of sp³-hybridized carbons (Fsp3) is 0.263. The number of hydrogen-bond donors (Lipinski definition) is 2. The van der Waals surface area contributed by atoms with E-state index in [9.17, 15) is 9.18 Å². The van der Waals surface area contributed by atoms with Gasteiger partial charge in [-0.1, -0.05) is 30.3 Å². The van der Waals surface area contributed by atoms with Crippen LogP contribution in [0.2, 0.25) is 0 Å². The number of hydrogen-bond acceptors (Lipinski definition) is 5. The predicted octanol–water partition coefficient (Wildman–Crippen LogP) is 2.46. The normalized spacial score (nSPS) is 10.6. The second-order valence-corrected chi connectivity index (χ2v) is 6.16. The molecule has 27 heavy (non-hydrogen) atoms. The number of nitrogens with zero attached hydrogens (tertiary/aromatic N) is 4. The second-order valence-electron chi connectivity index (χ2n) is 6.16. The molecule has 1 amide bonds. The van der Waals surface area contributed by atoms with Crippen LogP contribution < -0.4 is 10.2 Å². The molecule has 0 saturated heterocycles.